The Labute approximate surface area is 110 Å². The minimum absolute atomic E-state index is 0.198. The van der Waals surface area contributed by atoms with Gasteiger partial charge < -0.3 is 20.1 Å². The fourth-order valence-corrected chi connectivity index (χ4v) is 1.94. The maximum atomic E-state index is 10.4. The molecule has 1 aromatic heterocycles. The van der Waals surface area contributed by atoms with Crippen molar-refractivity contribution in [2.75, 3.05) is 11.9 Å². The van der Waals surface area contributed by atoms with Crippen molar-refractivity contribution in [3.05, 3.63) is 24.0 Å². The molecule has 6 heteroatoms. The lowest BCUT2D eigenvalue weighted by atomic mass is 10.2. The highest BCUT2D eigenvalue weighted by Crippen LogP contribution is 2.19. The van der Waals surface area contributed by atoms with Crippen LogP contribution >= 0.6 is 0 Å². The molecule has 0 fully saturated rings. The van der Waals surface area contributed by atoms with Crippen LogP contribution in [0.5, 0.6) is 0 Å². The highest BCUT2D eigenvalue weighted by molar-refractivity contribution is 5.80. The molecule has 2 rings (SSSR count). The number of carboxylic acids is 1. The molecule has 3 N–H and O–H groups in total. The van der Waals surface area contributed by atoms with Crippen molar-refractivity contribution in [1.29, 1.82) is 0 Å². The van der Waals surface area contributed by atoms with Gasteiger partial charge in [0.1, 0.15) is 5.82 Å². The van der Waals surface area contributed by atoms with Crippen molar-refractivity contribution in [2.45, 2.75) is 19.4 Å². The van der Waals surface area contributed by atoms with Gasteiger partial charge >= 0.3 is 5.97 Å². The first-order chi connectivity index (χ1) is 8.97. The minimum atomic E-state index is -1.01. The molecule has 1 unspecified atom stereocenters. The van der Waals surface area contributed by atoms with Gasteiger partial charge in [-0.3, -0.25) is 4.79 Å². The number of hydrogen-bond acceptors (Lipinski definition) is 4. The summed E-state index contributed by atoms with van der Waals surface area (Å²) in [4.78, 5) is 14.9. The Hall–Kier alpha value is -2.08. The number of nitrogens with zero attached hydrogens (tertiary/aromatic N) is 2. The molecular formula is C13H17N3O3. The number of aryl methyl sites for hydroxylation is 2. The van der Waals surface area contributed by atoms with Crippen LogP contribution in [0.4, 0.5) is 5.69 Å². The number of aliphatic carboxylic acids is 1. The first-order valence-electron chi connectivity index (χ1n) is 6.04. The number of hydrogen-bond donors (Lipinski definition) is 3. The maximum Gasteiger partial charge on any atom is 0.306 e. The monoisotopic (exact) mass is 263 g/mol. The summed E-state index contributed by atoms with van der Waals surface area (Å²) in [6.45, 7) is 2.13. The number of aliphatic hydroxyl groups is 1. The molecule has 102 valence electrons. The van der Waals surface area contributed by atoms with Crippen LogP contribution in [-0.4, -0.2) is 38.4 Å². The molecule has 0 saturated carbocycles. The molecule has 2 aromatic rings. The molecule has 0 aliphatic heterocycles. The fourth-order valence-electron chi connectivity index (χ4n) is 1.94. The number of aromatic nitrogens is 2. The standard InChI is InChI=1S/C13H17N3O3/c1-8-15-11-5-9(3-4-12(11)16(8)2)14-7-10(17)6-13(18)19/h3-5,10,14,17H,6-7H2,1-2H3,(H,18,19). The van der Waals surface area contributed by atoms with Gasteiger partial charge in [-0.05, 0) is 25.1 Å². The Kier molecular flexibility index (Phi) is 3.71. The fraction of sp³-hybridized carbons (Fsp3) is 0.385. The molecule has 0 radical (unpaired) electrons. The molecule has 0 aliphatic carbocycles. The van der Waals surface area contributed by atoms with E-state index in [0.29, 0.717) is 0 Å². The van der Waals surface area contributed by atoms with Gasteiger partial charge in [-0.2, -0.15) is 0 Å². The third-order valence-electron chi connectivity index (χ3n) is 3.06. The van der Waals surface area contributed by atoms with E-state index in [4.69, 9.17) is 5.11 Å². The molecule has 1 heterocycles. The average molecular weight is 263 g/mol. The zero-order valence-electron chi connectivity index (χ0n) is 10.9. The van der Waals surface area contributed by atoms with E-state index in [1.54, 1.807) is 0 Å². The van der Waals surface area contributed by atoms with Crippen LogP contribution < -0.4 is 5.32 Å². The summed E-state index contributed by atoms with van der Waals surface area (Å²) in [6, 6.07) is 5.72. The summed E-state index contributed by atoms with van der Waals surface area (Å²) in [5.74, 6) is -0.0804. The van der Waals surface area contributed by atoms with Crippen molar-refractivity contribution >= 4 is 22.7 Å². The van der Waals surface area contributed by atoms with Crippen LogP contribution in [0.15, 0.2) is 18.2 Å². The smallest absolute Gasteiger partial charge is 0.306 e. The summed E-state index contributed by atoms with van der Waals surface area (Å²) < 4.78 is 2.00. The number of carboxylic acid groups (broad SMARTS) is 1. The summed E-state index contributed by atoms with van der Waals surface area (Å²) in [5.41, 5.74) is 2.72. The SMILES string of the molecule is Cc1nc2cc(NCC(O)CC(=O)O)ccc2n1C. The van der Waals surface area contributed by atoms with Gasteiger partial charge in [-0.1, -0.05) is 0 Å². The number of rotatable bonds is 5. The minimum Gasteiger partial charge on any atom is -0.481 e. The number of benzene rings is 1. The van der Waals surface area contributed by atoms with Crippen molar-refractivity contribution in [3.63, 3.8) is 0 Å². The highest BCUT2D eigenvalue weighted by atomic mass is 16.4. The number of nitrogens with one attached hydrogen (secondary N) is 1. The van der Waals surface area contributed by atoms with E-state index in [0.717, 1.165) is 22.5 Å². The van der Waals surface area contributed by atoms with E-state index < -0.39 is 12.1 Å². The van der Waals surface area contributed by atoms with Gasteiger partial charge in [-0.25, -0.2) is 4.98 Å². The lowest BCUT2D eigenvalue weighted by molar-refractivity contribution is -0.138. The Balaban J connectivity index is 2.07. The Bertz CT molecular complexity index is 606. The van der Waals surface area contributed by atoms with Crippen molar-refractivity contribution < 1.29 is 15.0 Å². The molecule has 1 atom stereocenters. The average Bonchev–Trinajstić information content (AvgIpc) is 2.61. The summed E-state index contributed by atoms with van der Waals surface area (Å²) >= 11 is 0. The lowest BCUT2D eigenvalue weighted by Crippen LogP contribution is -2.22. The van der Waals surface area contributed by atoms with Gasteiger partial charge in [0.15, 0.2) is 0 Å². The van der Waals surface area contributed by atoms with Crippen molar-refractivity contribution in [1.82, 2.24) is 9.55 Å². The Morgan fingerprint density at radius 2 is 2.26 bits per heavy atom. The van der Waals surface area contributed by atoms with Crippen LogP contribution in [0.2, 0.25) is 0 Å². The van der Waals surface area contributed by atoms with E-state index in [1.807, 2.05) is 36.7 Å². The van der Waals surface area contributed by atoms with Crippen molar-refractivity contribution in [3.8, 4) is 0 Å². The van der Waals surface area contributed by atoms with Gasteiger partial charge in [0.25, 0.3) is 0 Å². The zero-order chi connectivity index (χ0) is 14.0. The van der Waals surface area contributed by atoms with Gasteiger partial charge in [-0.15, -0.1) is 0 Å². The molecule has 6 nitrogen and oxygen atoms in total. The molecule has 0 aliphatic rings. The predicted octanol–water partition coefficient (Wildman–Crippen LogP) is 1.13. The lowest BCUT2D eigenvalue weighted by Gasteiger charge is -2.10. The van der Waals surface area contributed by atoms with Gasteiger partial charge in [0.2, 0.25) is 0 Å². The second kappa shape index (κ2) is 5.27. The highest BCUT2D eigenvalue weighted by Gasteiger charge is 2.10. The second-order valence-electron chi connectivity index (χ2n) is 4.55. The van der Waals surface area contributed by atoms with Crippen LogP contribution in [0.25, 0.3) is 11.0 Å². The predicted molar refractivity (Wildman–Crippen MR) is 72.2 cm³/mol. The van der Waals surface area contributed by atoms with Crippen LogP contribution in [0.3, 0.4) is 0 Å². The first kappa shape index (κ1) is 13.4. The second-order valence-corrected chi connectivity index (χ2v) is 4.55. The molecular weight excluding hydrogens is 246 g/mol. The number of aliphatic hydroxyl groups excluding tert-OH is 1. The van der Waals surface area contributed by atoms with E-state index >= 15 is 0 Å². The van der Waals surface area contributed by atoms with Crippen molar-refractivity contribution in [2.24, 2.45) is 7.05 Å². The number of imidazole rings is 1. The van der Waals surface area contributed by atoms with Gasteiger partial charge in [0.05, 0.1) is 23.6 Å². The largest absolute Gasteiger partial charge is 0.481 e. The van der Waals surface area contributed by atoms with Gasteiger partial charge in [0, 0.05) is 19.3 Å². The third kappa shape index (κ3) is 3.03. The number of fused-ring (bicyclic) bond motifs is 1. The van der Waals surface area contributed by atoms with Crippen LogP contribution in [0, 0.1) is 6.92 Å². The van der Waals surface area contributed by atoms with Crippen LogP contribution in [-0.2, 0) is 11.8 Å². The topological polar surface area (TPSA) is 87.4 Å². The van der Waals surface area contributed by atoms with E-state index in [1.165, 1.54) is 0 Å². The Morgan fingerprint density at radius 1 is 1.53 bits per heavy atom. The molecule has 0 saturated heterocycles. The summed E-state index contributed by atoms with van der Waals surface area (Å²) in [7, 11) is 1.95. The van der Waals surface area contributed by atoms with E-state index in [9.17, 15) is 9.90 Å². The zero-order valence-corrected chi connectivity index (χ0v) is 10.9. The number of anilines is 1. The number of carbonyl (C=O) groups is 1. The molecule has 0 amide bonds. The van der Waals surface area contributed by atoms with E-state index in [-0.39, 0.29) is 13.0 Å². The summed E-state index contributed by atoms with van der Waals surface area (Å²) in [6.07, 6.45) is -1.17. The van der Waals surface area contributed by atoms with E-state index in [2.05, 4.69) is 10.3 Å². The molecule has 19 heavy (non-hydrogen) atoms. The molecule has 1 aromatic carbocycles. The summed E-state index contributed by atoms with van der Waals surface area (Å²) in [5, 5.41) is 21.0. The quantitative estimate of drug-likeness (QED) is 0.752. The first-order valence-corrected chi connectivity index (χ1v) is 6.04. The Morgan fingerprint density at radius 3 is 2.95 bits per heavy atom. The normalized spacial score (nSPS) is 12.6. The molecule has 0 bridgehead atoms. The third-order valence-corrected chi connectivity index (χ3v) is 3.06. The van der Waals surface area contributed by atoms with Crippen LogP contribution in [0.1, 0.15) is 12.2 Å². The molecule has 0 spiro atoms. The maximum absolute atomic E-state index is 10.4.